The number of nitrogens with zero attached hydrogens (tertiary/aromatic N) is 2. The van der Waals surface area contributed by atoms with Crippen LogP contribution in [0, 0.1) is 34.3 Å². The van der Waals surface area contributed by atoms with Crippen molar-refractivity contribution in [2.75, 3.05) is 0 Å². The van der Waals surface area contributed by atoms with E-state index in [-0.39, 0.29) is 40.1 Å². The summed E-state index contributed by atoms with van der Waals surface area (Å²) in [5, 5.41) is 0. The molecule has 0 aliphatic heterocycles. The Morgan fingerprint density at radius 2 is 1.50 bits per heavy atom. The van der Waals surface area contributed by atoms with Crippen molar-refractivity contribution in [2.45, 2.75) is 20.8 Å². The Hall–Kier alpha value is -0.796. The van der Waals surface area contributed by atoms with E-state index in [0.29, 0.717) is 0 Å². The summed E-state index contributed by atoms with van der Waals surface area (Å²) in [5.41, 5.74) is 1.72. The predicted molar refractivity (Wildman–Crippen MR) is 68.0 cm³/mol. The minimum atomic E-state index is 0. The molecule has 0 unspecified atom stereocenters. The molecule has 0 aliphatic carbocycles. The van der Waals surface area contributed by atoms with Crippen LogP contribution in [0.25, 0.3) is 0 Å². The molecule has 18 heavy (non-hydrogen) atoms. The van der Waals surface area contributed by atoms with Gasteiger partial charge in [0.1, 0.15) is 5.82 Å². The number of aryl methyl sites for hydroxylation is 3. The number of benzene rings is 1. The average Bonchev–Trinajstić information content (AvgIpc) is 2.25. The first kappa shape index (κ1) is 17.2. The fourth-order valence-corrected chi connectivity index (χ4v) is 1.58. The largest absolute Gasteiger partial charge is 0.479 e. The van der Waals surface area contributed by atoms with E-state index in [4.69, 9.17) is 4.74 Å². The first-order valence-electron chi connectivity index (χ1n) is 5.12. The molecule has 0 spiro atoms. The maximum atomic E-state index is 5.75. The molecule has 93 valence electrons. The Morgan fingerprint density at radius 3 is 2.00 bits per heavy atom. The normalized spacial score (nSPS) is 9.06. The van der Waals surface area contributed by atoms with E-state index < -0.39 is 0 Å². The fourth-order valence-electron chi connectivity index (χ4n) is 1.58. The Bertz CT molecular complexity index is 477. The minimum Gasteiger partial charge on any atom is -0.479 e. The van der Waals surface area contributed by atoms with E-state index in [1.807, 2.05) is 45.0 Å². The average molecular weight is 317 g/mol. The molecule has 0 N–H and O–H groups in total. The van der Waals surface area contributed by atoms with Gasteiger partial charge < -0.3 is 12.2 Å². The summed E-state index contributed by atoms with van der Waals surface area (Å²) >= 11 is 0. The first-order chi connectivity index (χ1) is 7.66. The van der Waals surface area contributed by atoms with Gasteiger partial charge in [0.2, 0.25) is 0 Å². The third kappa shape index (κ3) is 4.14. The van der Waals surface area contributed by atoms with E-state index in [9.17, 15) is 0 Å². The van der Waals surface area contributed by atoms with Crippen LogP contribution in [0.2, 0.25) is 0 Å². The molecule has 0 fully saturated rings. The van der Waals surface area contributed by atoms with Crippen molar-refractivity contribution in [3.63, 3.8) is 0 Å². The minimum absolute atomic E-state index is 0. The molecular weight excluding hydrogens is 301 g/mol. The van der Waals surface area contributed by atoms with Gasteiger partial charge in [0.05, 0.1) is 11.4 Å². The van der Waals surface area contributed by atoms with E-state index >= 15 is 0 Å². The molecule has 2 rings (SSSR count). The van der Waals surface area contributed by atoms with Crippen LogP contribution in [0.1, 0.15) is 17.2 Å². The standard InChI is InChI=1S/C13H13N2O.CH3.Y/c1-9-13(10(2)15-11(3)14-9)16-12-7-5-4-6-8-12;;/h5-8H,1-3H3;1H3;/q2*-1;. The van der Waals surface area contributed by atoms with Gasteiger partial charge in [-0.25, -0.2) is 9.97 Å². The second-order valence-electron chi connectivity index (χ2n) is 3.61. The Morgan fingerprint density at radius 1 is 1.00 bits per heavy atom. The molecule has 1 radical (unpaired) electrons. The van der Waals surface area contributed by atoms with Crippen molar-refractivity contribution in [3.8, 4) is 11.5 Å². The zero-order valence-electron chi connectivity index (χ0n) is 11.2. The van der Waals surface area contributed by atoms with Crippen molar-refractivity contribution in [1.29, 1.82) is 0 Å². The molecule has 2 aromatic rings. The number of hydrogen-bond acceptors (Lipinski definition) is 3. The van der Waals surface area contributed by atoms with Crippen LogP contribution in [-0.2, 0) is 32.7 Å². The van der Waals surface area contributed by atoms with Gasteiger partial charge in [-0.15, -0.1) is 12.1 Å². The summed E-state index contributed by atoms with van der Waals surface area (Å²) in [4.78, 5) is 8.57. The van der Waals surface area contributed by atoms with Gasteiger partial charge in [-0.3, -0.25) is 0 Å². The third-order valence-electron chi connectivity index (χ3n) is 2.22. The molecule has 3 nitrogen and oxygen atoms in total. The van der Waals surface area contributed by atoms with E-state index in [2.05, 4.69) is 16.0 Å². The van der Waals surface area contributed by atoms with E-state index in [1.165, 1.54) is 0 Å². The second-order valence-corrected chi connectivity index (χ2v) is 3.61. The number of hydrogen-bond donors (Lipinski definition) is 0. The van der Waals surface area contributed by atoms with Gasteiger partial charge in [-0.05, 0) is 20.8 Å². The molecule has 0 saturated carbocycles. The molecule has 4 heteroatoms. The van der Waals surface area contributed by atoms with Crippen molar-refractivity contribution < 1.29 is 37.4 Å². The van der Waals surface area contributed by atoms with Crippen molar-refractivity contribution in [2.24, 2.45) is 0 Å². The summed E-state index contributed by atoms with van der Waals surface area (Å²) in [6.07, 6.45) is 0. The molecule has 0 saturated heterocycles. The van der Waals surface area contributed by atoms with E-state index in [0.717, 1.165) is 28.7 Å². The van der Waals surface area contributed by atoms with Gasteiger partial charge in [0.15, 0.2) is 5.75 Å². The van der Waals surface area contributed by atoms with Crippen LogP contribution in [0.3, 0.4) is 0 Å². The molecule has 0 aliphatic rings. The molecule has 1 aromatic heterocycles. The molecule has 1 heterocycles. The maximum Gasteiger partial charge on any atom is 0.166 e. The Balaban J connectivity index is 0.00000144. The number of ether oxygens (including phenoxy) is 1. The summed E-state index contributed by atoms with van der Waals surface area (Å²) in [6.45, 7) is 5.72. The molecular formula is C14H16N2OY-2. The van der Waals surface area contributed by atoms with Gasteiger partial charge in [-0.2, -0.15) is 18.2 Å². The quantitative estimate of drug-likeness (QED) is 0.796. The zero-order valence-corrected chi connectivity index (χ0v) is 14.0. The third-order valence-corrected chi connectivity index (χ3v) is 2.22. The smallest absolute Gasteiger partial charge is 0.166 e. The SMILES string of the molecule is Cc1nc(C)c(Oc2cc[c-]cc2)c(C)n1.[CH3-].[Y]. The van der Waals surface area contributed by atoms with E-state index in [1.54, 1.807) is 0 Å². The Labute approximate surface area is 134 Å². The topological polar surface area (TPSA) is 35.0 Å². The monoisotopic (exact) mass is 317 g/mol. The number of rotatable bonds is 2. The van der Waals surface area contributed by atoms with Gasteiger partial charge in [0, 0.05) is 38.5 Å². The molecule has 0 amide bonds. The van der Waals surface area contributed by atoms with Gasteiger partial charge in [0.25, 0.3) is 0 Å². The molecule has 0 bridgehead atoms. The maximum absolute atomic E-state index is 5.75. The summed E-state index contributed by atoms with van der Waals surface area (Å²) in [5.74, 6) is 2.28. The summed E-state index contributed by atoms with van der Waals surface area (Å²) < 4.78 is 5.75. The summed E-state index contributed by atoms with van der Waals surface area (Å²) in [7, 11) is 0. The van der Waals surface area contributed by atoms with Crippen LogP contribution in [0.4, 0.5) is 0 Å². The predicted octanol–water partition coefficient (Wildman–Crippen LogP) is 3.44. The van der Waals surface area contributed by atoms with Crippen molar-refractivity contribution in [1.82, 2.24) is 9.97 Å². The summed E-state index contributed by atoms with van der Waals surface area (Å²) in [6, 6.07) is 10.3. The van der Waals surface area contributed by atoms with Gasteiger partial charge in [-0.1, -0.05) is 0 Å². The van der Waals surface area contributed by atoms with Gasteiger partial charge >= 0.3 is 0 Å². The Kier molecular flexibility index (Phi) is 7.26. The van der Waals surface area contributed by atoms with Crippen LogP contribution in [-0.4, -0.2) is 9.97 Å². The fraction of sp³-hybridized carbons (Fsp3) is 0.214. The van der Waals surface area contributed by atoms with Crippen molar-refractivity contribution in [3.05, 3.63) is 55.0 Å². The number of aromatic nitrogens is 2. The van der Waals surface area contributed by atoms with Crippen LogP contribution in [0.5, 0.6) is 11.5 Å². The van der Waals surface area contributed by atoms with Crippen LogP contribution >= 0.6 is 0 Å². The molecule has 0 atom stereocenters. The van der Waals surface area contributed by atoms with Crippen LogP contribution < -0.4 is 4.74 Å². The first-order valence-corrected chi connectivity index (χ1v) is 5.12. The zero-order chi connectivity index (χ0) is 11.5. The molecule has 1 aromatic carbocycles. The second kappa shape index (κ2) is 7.60. The van der Waals surface area contributed by atoms with Crippen LogP contribution in [0.15, 0.2) is 24.3 Å². The van der Waals surface area contributed by atoms with Crippen molar-refractivity contribution >= 4 is 0 Å².